The predicted molar refractivity (Wildman–Crippen MR) is 40.6 cm³/mol. The van der Waals surface area contributed by atoms with Crippen LogP contribution in [0.15, 0.2) is 18.2 Å². The molecular formula is C9H3N3. The molecule has 3 nitrogen and oxygen atoms in total. The van der Waals surface area contributed by atoms with Gasteiger partial charge in [-0.1, -0.05) is 0 Å². The molecule has 1 aromatic carbocycles. The van der Waals surface area contributed by atoms with Gasteiger partial charge in [-0.2, -0.15) is 15.8 Å². The lowest BCUT2D eigenvalue weighted by atomic mass is 10.1. The lowest BCUT2D eigenvalue weighted by Crippen LogP contribution is -1.82. The van der Waals surface area contributed by atoms with Gasteiger partial charge >= 0.3 is 0 Å². The van der Waals surface area contributed by atoms with Crippen LogP contribution in [0.4, 0.5) is 0 Å². The van der Waals surface area contributed by atoms with Crippen molar-refractivity contribution in [3.8, 4) is 18.2 Å². The first-order chi connectivity index (χ1) is 5.80. The van der Waals surface area contributed by atoms with Crippen LogP contribution in [0.2, 0.25) is 0 Å². The molecule has 0 radical (unpaired) electrons. The third-order valence-corrected chi connectivity index (χ3v) is 1.32. The van der Waals surface area contributed by atoms with E-state index in [2.05, 4.69) is 0 Å². The molecular weight excluding hydrogens is 150 g/mol. The minimum absolute atomic E-state index is 0.339. The van der Waals surface area contributed by atoms with Crippen molar-refractivity contribution >= 4 is 0 Å². The van der Waals surface area contributed by atoms with Crippen molar-refractivity contribution in [1.29, 1.82) is 15.8 Å². The Labute approximate surface area is 69.7 Å². The van der Waals surface area contributed by atoms with E-state index in [-0.39, 0.29) is 0 Å². The Kier molecular flexibility index (Phi) is 2.07. The van der Waals surface area contributed by atoms with Gasteiger partial charge < -0.3 is 0 Å². The monoisotopic (exact) mass is 153 g/mol. The average Bonchev–Trinajstić information content (AvgIpc) is 2.16. The molecule has 0 bridgehead atoms. The van der Waals surface area contributed by atoms with Crippen LogP contribution < -0.4 is 0 Å². The molecule has 0 amide bonds. The Balaban J connectivity index is 3.36. The second-order valence-corrected chi connectivity index (χ2v) is 2.13. The smallest absolute Gasteiger partial charge is 0.0992 e. The van der Waals surface area contributed by atoms with Gasteiger partial charge in [-0.15, -0.1) is 0 Å². The fourth-order valence-corrected chi connectivity index (χ4v) is 0.821. The Morgan fingerprint density at radius 2 is 0.917 bits per heavy atom. The van der Waals surface area contributed by atoms with Crippen LogP contribution in [-0.2, 0) is 0 Å². The largest absolute Gasteiger partial charge is 0.192 e. The van der Waals surface area contributed by atoms with E-state index in [1.165, 1.54) is 18.2 Å². The molecule has 3 heteroatoms. The zero-order valence-corrected chi connectivity index (χ0v) is 6.07. The SMILES string of the molecule is N#Cc1cc(C#N)cc(C#N)c1. The van der Waals surface area contributed by atoms with Gasteiger partial charge in [-0.25, -0.2) is 0 Å². The standard InChI is InChI=1S/C9H3N3/c10-4-7-1-8(5-11)3-9(2-7)6-12/h1-3H. The second-order valence-electron chi connectivity index (χ2n) is 2.13. The molecule has 0 unspecified atom stereocenters. The third-order valence-electron chi connectivity index (χ3n) is 1.32. The Bertz CT molecular complexity index is 348. The molecule has 12 heavy (non-hydrogen) atoms. The molecule has 0 saturated carbocycles. The van der Waals surface area contributed by atoms with Gasteiger partial charge in [0.25, 0.3) is 0 Å². The molecule has 0 N–H and O–H groups in total. The van der Waals surface area contributed by atoms with E-state index in [9.17, 15) is 0 Å². The minimum Gasteiger partial charge on any atom is -0.192 e. The third kappa shape index (κ3) is 1.40. The van der Waals surface area contributed by atoms with E-state index in [1.807, 2.05) is 18.2 Å². The molecule has 0 aliphatic heterocycles. The van der Waals surface area contributed by atoms with E-state index < -0.39 is 0 Å². The first-order valence-corrected chi connectivity index (χ1v) is 3.15. The first-order valence-electron chi connectivity index (χ1n) is 3.15. The van der Waals surface area contributed by atoms with Crippen LogP contribution in [0.1, 0.15) is 16.7 Å². The van der Waals surface area contributed by atoms with Gasteiger partial charge in [-0.05, 0) is 18.2 Å². The molecule has 0 atom stereocenters. The summed E-state index contributed by atoms with van der Waals surface area (Å²) in [5.74, 6) is 0. The Hall–Kier alpha value is -2.31. The number of rotatable bonds is 0. The van der Waals surface area contributed by atoms with Crippen LogP contribution in [-0.4, -0.2) is 0 Å². The molecule has 0 aromatic heterocycles. The summed E-state index contributed by atoms with van der Waals surface area (Å²) in [5, 5.41) is 25.5. The van der Waals surface area contributed by atoms with E-state index in [0.717, 1.165) is 0 Å². The summed E-state index contributed by atoms with van der Waals surface area (Å²) < 4.78 is 0. The molecule has 0 heterocycles. The van der Waals surface area contributed by atoms with Gasteiger partial charge in [-0.3, -0.25) is 0 Å². The van der Waals surface area contributed by atoms with E-state index in [4.69, 9.17) is 15.8 Å². The number of nitrogens with zero attached hydrogens (tertiary/aromatic N) is 3. The van der Waals surface area contributed by atoms with Crippen LogP contribution in [0.5, 0.6) is 0 Å². The molecule has 1 aromatic rings. The summed E-state index contributed by atoms with van der Waals surface area (Å²) in [7, 11) is 0. The number of hydrogen-bond acceptors (Lipinski definition) is 3. The average molecular weight is 153 g/mol. The van der Waals surface area contributed by atoms with Gasteiger partial charge in [0.05, 0.1) is 34.9 Å². The van der Waals surface area contributed by atoms with Gasteiger partial charge in [0.1, 0.15) is 0 Å². The summed E-state index contributed by atoms with van der Waals surface area (Å²) in [6.45, 7) is 0. The number of nitriles is 3. The zero-order valence-electron chi connectivity index (χ0n) is 6.07. The fraction of sp³-hybridized carbons (Fsp3) is 0. The van der Waals surface area contributed by atoms with E-state index >= 15 is 0 Å². The van der Waals surface area contributed by atoms with Crippen molar-refractivity contribution < 1.29 is 0 Å². The Morgan fingerprint density at radius 3 is 1.08 bits per heavy atom. The summed E-state index contributed by atoms with van der Waals surface area (Å²) in [6, 6.07) is 9.96. The lowest BCUT2D eigenvalue weighted by molar-refractivity contribution is 1.42. The van der Waals surface area contributed by atoms with Crippen molar-refractivity contribution in [2.24, 2.45) is 0 Å². The maximum atomic E-state index is 8.51. The molecule has 0 saturated heterocycles. The van der Waals surface area contributed by atoms with Gasteiger partial charge in [0, 0.05) is 0 Å². The van der Waals surface area contributed by atoms with Crippen molar-refractivity contribution in [3.05, 3.63) is 34.9 Å². The maximum absolute atomic E-state index is 8.51. The Morgan fingerprint density at radius 1 is 0.667 bits per heavy atom. The highest BCUT2D eigenvalue weighted by Crippen LogP contribution is 2.07. The van der Waals surface area contributed by atoms with E-state index in [1.54, 1.807) is 0 Å². The predicted octanol–water partition coefficient (Wildman–Crippen LogP) is 1.30. The molecule has 0 fully saturated rings. The molecule has 0 aliphatic rings. The van der Waals surface area contributed by atoms with Crippen molar-refractivity contribution in [1.82, 2.24) is 0 Å². The van der Waals surface area contributed by atoms with Crippen molar-refractivity contribution in [2.75, 3.05) is 0 Å². The van der Waals surface area contributed by atoms with Crippen LogP contribution in [0.25, 0.3) is 0 Å². The molecule has 0 aliphatic carbocycles. The lowest BCUT2D eigenvalue weighted by Gasteiger charge is -1.91. The highest BCUT2D eigenvalue weighted by molar-refractivity contribution is 5.46. The zero-order chi connectivity index (χ0) is 8.97. The quantitative estimate of drug-likeness (QED) is 0.563. The van der Waals surface area contributed by atoms with Crippen molar-refractivity contribution in [3.63, 3.8) is 0 Å². The summed E-state index contributed by atoms with van der Waals surface area (Å²) in [6.07, 6.45) is 0. The maximum Gasteiger partial charge on any atom is 0.0992 e. The first kappa shape index (κ1) is 7.79. The minimum atomic E-state index is 0.339. The topological polar surface area (TPSA) is 71.4 Å². The second kappa shape index (κ2) is 3.19. The van der Waals surface area contributed by atoms with Crippen LogP contribution in [0.3, 0.4) is 0 Å². The molecule has 0 spiro atoms. The normalized spacial score (nSPS) is 7.75. The summed E-state index contributed by atoms with van der Waals surface area (Å²) in [5.41, 5.74) is 1.02. The molecule has 54 valence electrons. The number of hydrogen-bond donors (Lipinski definition) is 0. The highest BCUT2D eigenvalue weighted by atomic mass is 14.3. The van der Waals surface area contributed by atoms with Gasteiger partial charge in [0.15, 0.2) is 0 Å². The molecule has 1 rings (SSSR count). The summed E-state index contributed by atoms with van der Waals surface area (Å²) >= 11 is 0. The van der Waals surface area contributed by atoms with Crippen LogP contribution >= 0.6 is 0 Å². The van der Waals surface area contributed by atoms with Gasteiger partial charge in [0.2, 0.25) is 0 Å². The summed E-state index contributed by atoms with van der Waals surface area (Å²) in [4.78, 5) is 0. The van der Waals surface area contributed by atoms with Crippen molar-refractivity contribution in [2.45, 2.75) is 0 Å². The van der Waals surface area contributed by atoms with E-state index in [0.29, 0.717) is 16.7 Å². The number of benzene rings is 1. The highest BCUT2D eigenvalue weighted by Gasteiger charge is 1.98. The fourth-order valence-electron chi connectivity index (χ4n) is 0.821. The van der Waals surface area contributed by atoms with Crippen LogP contribution in [0, 0.1) is 34.0 Å².